The number of unbranched alkanes of at least 4 members (excludes halogenated alkanes) is 4. The Morgan fingerprint density at radius 3 is 1.06 bits per heavy atom. The number of hydrogen-bond acceptors (Lipinski definition) is 6. The molecule has 2 atom stereocenters. The molecule has 1 aromatic carbocycles. The molecule has 1 aromatic rings. The van der Waals surface area contributed by atoms with Gasteiger partial charge >= 0.3 is 12.4 Å². The third-order valence-electron chi connectivity index (χ3n) is 4.44. The van der Waals surface area contributed by atoms with Gasteiger partial charge in [-0.25, -0.2) is 0 Å². The molecular weight excluding hydrogens is 546 g/mol. The molecule has 214 valence electrons. The van der Waals surface area contributed by atoms with Gasteiger partial charge in [0.1, 0.15) is 11.5 Å². The molecule has 0 bridgehead atoms. The van der Waals surface area contributed by atoms with E-state index in [4.69, 9.17) is 19.3 Å². The Morgan fingerprint density at radius 2 is 0.889 bits per heavy atom. The van der Waals surface area contributed by atoms with Gasteiger partial charge in [0.2, 0.25) is 0 Å². The maximum atomic E-state index is 12.1. The Labute approximate surface area is 206 Å². The van der Waals surface area contributed by atoms with Crippen LogP contribution in [0, 0.1) is 0 Å². The van der Waals surface area contributed by atoms with E-state index in [-0.39, 0.29) is 24.3 Å². The van der Waals surface area contributed by atoms with Crippen molar-refractivity contribution in [2.45, 2.75) is 88.1 Å². The first-order valence-corrected chi connectivity index (χ1v) is 13.7. The second-order valence-electron chi connectivity index (χ2n) is 7.60. The van der Waals surface area contributed by atoms with Crippen molar-refractivity contribution >= 4 is 20.2 Å². The third-order valence-corrected chi connectivity index (χ3v) is 6.88. The monoisotopic (exact) mass is 578 g/mol. The Kier molecular flexibility index (Phi) is 16.3. The Balaban J connectivity index is 0. The first-order valence-electron chi connectivity index (χ1n) is 10.7. The summed E-state index contributed by atoms with van der Waals surface area (Å²) in [5, 5.41) is 12.0. The summed E-state index contributed by atoms with van der Waals surface area (Å²) in [6.45, 7) is 3.58. The van der Waals surface area contributed by atoms with Crippen molar-refractivity contribution in [3.05, 3.63) is 24.3 Å². The van der Waals surface area contributed by atoms with Crippen LogP contribution in [0.2, 0.25) is 0 Å². The molecule has 0 fully saturated rings. The fraction of sp³-hybridized carbons (Fsp3) is 0.700. The van der Waals surface area contributed by atoms with E-state index in [1.807, 2.05) is 0 Å². The van der Waals surface area contributed by atoms with Gasteiger partial charge in [-0.1, -0.05) is 52.4 Å². The van der Waals surface area contributed by atoms with Crippen molar-refractivity contribution in [1.82, 2.24) is 0 Å². The van der Waals surface area contributed by atoms with E-state index < -0.39 is 55.9 Å². The number of phenols is 2. The highest BCUT2D eigenvalue weighted by Crippen LogP contribution is 2.30. The molecule has 16 heteroatoms. The Bertz CT molecular complexity index is 853. The van der Waals surface area contributed by atoms with E-state index in [1.165, 1.54) is 24.3 Å². The summed E-state index contributed by atoms with van der Waals surface area (Å²) < 4.78 is 131. The third kappa shape index (κ3) is 17.6. The molecule has 0 saturated heterocycles. The van der Waals surface area contributed by atoms with Crippen LogP contribution in [0.4, 0.5) is 26.3 Å². The van der Waals surface area contributed by atoms with Crippen LogP contribution < -0.4 is 0 Å². The number of rotatable bonds is 10. The first-order chi connectivity index (χ1) is 16.2. The van der Waals surface area contributed by atoms with E-state index in [0.29, 0.717) is 25.7 Å². The summed E-state index contributed by atoms with van der Waals surface area (Å²) in [6.07, 6.45) is -8.23. The summed E-state index contributed by atoms with van der Waals surface area (Å²) in [5.74, 6) is 0.339. The predicted molar refractivity (Wildman–Crippen MR) is 121 cm³/mol. The molecule has 0 aliphatic rings. The zero-order chi connectivity index (χ0) is 28.8. The van der Waals surface area contributed by atoms with Gasteiger partial charge in [0, 0.05) is 0 Å². The van der Waals surface area contributed by atoms with E-state index >= 15 is 0 Å². The van der Waals surface area contributed by atoms with Gasteiger partial charge < -0.3 is 10.2 Å². The average molecular weight is 579 g/mol. The van der Waals surface area contributed by atoms with Gasteiger partial charge in [-0.15, -0.1) is 0 Å². The summed E-state index contributed by atoms with van der Waals surface area (Å²) in [5.41, 5.74) is 0. The topological polar surface area (TPSA) is 149 Å². The minimum atomic E-state index is -5.03. The van der Waals surface area contributed by atoms with Gasteiger partial charge in [0.15, 0.2) is 10.5 Å². The van der Waals surface area contributed by atoms with E-state index in [2.05, 4.69) is 0 Å². The van der Waals surface area contributed by atoms with E-state index in [0.717, 1.165) is 0 Å². The van der Waals surface area contributed by atoms with Crippen LogP contribution in [-0.2, 0) is 20.2 Å². The molecule has 0 aromatic heterocycles. The van der Waals surface area contributed by atoms with Crippen molar-refractivity contribution in [1.29, 1.82) is 0 Å². The molecule has 2 unspecified atom stereocenters. The summed E-state index contributed by atoms with van der Waals surface area (Å²) in [7, 11) is -10.1. The molecule has 36 heavy (non-hydrogen) atoms. The molecule has 4 N–H and O–H groups in total. The second-order valence-corrected chi connectivity index (χ2v) is 10.8. The van der Waals surface area contributed by atoms with E-state index in [9.17, 15) is 43.2 Å². The predicted octanol–water partition coefficient (Wildman–Crippen LogP) is 5.87. The molecule has 0 spiro atoms. The lowest BCUT2D eigenvalue weighted by molar-refractivity contribution is -0.133. The molecule has 0 radical (unpaired) electrons. The molecule has 0 aliphatic heterocycles. The fourth-order valence-electron chi connectivity index (χ4n) is 2.58. The summed E-state index contributed by atoms with van der Waals surface area (Å²) in [4.78, 5) is 0. The minimum absolute atomic E-state index is 0.139. The maximum absolute atomic E-state index is 12.1. The minimum Gasteiger partial charge on any atom is -0.508 e. The molecular formula is C20H32F6O8S2. The molecule has 0 aliphatic carbocycles. The van der Waals surface area contributed by atoms with Crippen molar-refractivity contribution in [2.75, 3.05) is 0 Å². The Morgan fingerprint density at radius 1 is 0.639 bits per heavy atom. The average Bonchev–Trinajstić information content (AvgIpc) is 2.68. The standard InChI is InChI=1S/2C7H13F3O3S.C6H6O2/c2*1-2-3-4-5-6(7(8,9)10)14(11,12)13;7-5-1-2-6(8)4-3-5/h2*6H,2-5H2,1H3,(H,11,12,13);1-4,7-8H. The first kappa shape index (κ1) is 36.4. The zero-order valence-electron chi connectivity index (χ0n) is 19.6. The van der Waals surface area contributed by atoms with Gasteiger partial charge in [0.25, 0.3) is 20.2 Å². The largest absolute Gasteiger partial charge is 0.508 e. The van der Waals surface area contributed by atoms with E-state index in [1.54, 1.807) is 13.8 Å². The molecule has 8 nitrogen and oxygen atoms in total. The molecule has 0 saturated carbocycles. The number of hydrogen-bond donors (Lipinski definition) is 4. The number of benzene rings is 1. The van der Waals surface area contributed by atoms with Gasteiger partial charge in [-0.05, 0) is 37.1 Å². The SMILES string of the molecule is CCCCCC(C(F)(F)F)S(=O)(=O)O.CCCCCC(C(F)(F)F)S(=O)(=O)O.Oc1ccc(O)cc1. The quantitative estimate of drug-likeness (QED) is 0.117. The highest BCUT2D eigenvalue weighted by molar-refractivity contribution is 7.86. The number of aromatic hydroxyl groups is 2. The maximum Gasteiger partial charge on any atom is 0.407 e. The smallest absolute Gasteiger partial charge is 0.407 e. The van der Waals surface area contributed by atoms with Crippen LogP contribution in [0.5, 0.6) is 11.5 Å². The summed E-state index contributed by atoms with van der Waals surface area (Å²) >= 11 is 0. The summed E-state index contributed by atoms with van der Waals surface area (Å²) in [6, 6.07) is 5.70. The lowest BCUT2D eigenvalue weighted by Gasteiger charge is -2.16. The van der Waals surface area contributed by atoms with Crippen LogP contribution in [-0.4, -0.2) is 59.0 Å². The van der Waals surface area contributed by atoms with Gasteiger partial charge in [-0.3, -0.25) is 9.11 Å². The fourth-order valence-corrected chi connectivity index (χ4v) is 4.18. The molecule has 1 rings (SSSR count). The van der Waals surface area contributed by atoms with Crippen LogP contribution >= 0.6 is 0 Å². The highest BCUT2D eigenvalue weighted by Gasteiger charge is 2.48. The lowest BCUT2D eigenvalue weighted by atomic mass is 10.1. The second kappa shape index (κ2) is 16.1. The molecule has 0 amide bonds. The van der Waals surface area contributed by atoms with Crippen molar-refractivity contribution < 1.29 is 62.5 Å². The van der Waals surface area contributed by atoms with Gasteiger partial charge in [0.05, 0.1) is 0 Å². The number of halogens is 6. The number of alkyl halides is 6. The highest BCUT2D eigenvalue weighted by atomic mass is 32.2. The van der Waals surface area contributed by atoms with Crippen molar-refractivity contribution in [3.63, 3.8) is 0 Å². The van der Waals surface area contributed by atoms with Crippen molar-refractivity contribution in [3.8, 4) is 11.5 Å². The Hall–Kier alpha value is -1.78. The number of phenolic OH excluding ortho intramolecular Hbond substituents is 2. The van der Waals surface area contributed by atoms with Crippen LogP contribution in [0.15, 0.2) is 24.3 Å². The van der Waals surface area contributed by atoms with Crippen LogP contribution in [0.3, 0.4) is 0 Å². The van der Waals surface area contributed by atoms with Crippen molar-refractivity contribution in [2.24, 2.45) is 0 Å². The van der Waals surface area contributed by atoms with Crippen LogP contribution in [0.1, 0.15) is 65.2 Å². The normalized spacial score (nSPS) is 14.1. The zero-order valence-corrected chi connectivity index (χ0v) is 21.3. The molecule has 0 heterocycles. The van der Waals surface area contributed by atoms with Crippen LogP contribution in [0.25, 0.3) is 0 Å². The lowest BCUT2D eigenvalue weighted by Crippen LogP contribution is -2.36. The van der Waals surface area contributed by atoms with Gasteiger partial charge in [-0.2, -0.15) is 43.2 Å².